The van der Waals surface area contributed by atoms with Crippen molar-refractivity contribution in [1.29, 1.82) is 0 Å². The molecule has 0 fully saturated rings. The third-order valence-electron chi connectivity index (χ3n) is 2.61. The predicted molar refractivity (Wildman–Crippen MR) is 67.7 cm³/mol. The van der Waals surface area contributed by atoms with Gasteiger partial charge in [0, 0.05) is 16.5 Å². The van der Waals surface area contributed by atoms with E-state index in [1.165, 1.54) is 14.8 Å². The summed E-state index contributed by atoms with van der Waals surface area (Å²) >= 11 is 1.75. The minimum atomic E-state index is 0.625. The number of benzene rings is 1. The summed E-state index contributed by atoms with van der Waals surface area (Å²) in [6.45, 7) is 0.625. The van der Waals surface area contributed by atoms with Crippen LogP contribution in [0, 0.1) is 0 Å². The fourth-order valence-electron chi connectivity index (χ4n) is 1.89. The molecule has 2 N–H and O–H groups in total. The van der Waals surface area contributed by atoms with E-state index in [4.69, 9.17) is 5.73 Å². The van der Waals surface area contributed by atoms with E-state index in [9.17, 15) is 0 Å². The summed E-state index contributed by atoms with van der Waals surface area (Å²) in [7, 11) is 0. The van der Waals surface area contributed by atoms with Crippen LogP contribution in [0.25, 0.3) is 20.3 Å². The maximum Gasteiger partial charge on any atom is 0.116 e. The second kappa shape index (κ2) is 3.81. The molecule has 3 rings (SSSR count). The molecule has 0 aliphatic rings. The highest BCUT2D eigenvalue weighted by Crippen LogP contribution is 2.33. The van der Waals surface area contributed by atoms with E-state index in [1.807, 2.05) is 12.1 Å². The van der Waals surface area contributed by atoms with E-state index in [0.717, 1.165) is 17.6 Å². The molecule has 0 saturated heterocycles. The minimum Gasteiger partial charge on any atom is -0.330 e. The lowest BCUT2D eigenvalue weighted by Gasteiger charge is -1.97. The highest BCUT2D eigenvalue weighted by atomic mass is 32.1. The van der Waals surface area contributed by atoms with Crippen molar-refractivity contribution in [3.63, 3.8) is 0 Å². The quantitative estimate of drug-likeness (QED) is 0.733. The van der Waals surface area contributed by atoms with Gasteiger partial charge in [-0.2, -0.15) is 0 Å². The Bertz CT molecular complexity index is 645. The zero-order chi connectivity index (χ0) is 11.0. The van der Waals surface area contributed by atoms with E-state index >= 15 is 0 Å². The van der Waals surface area contributed by atoms with Crippen molar-refractivity contribution < 1.29 is 0 Å². The first-order chi connectivity index (χ1) is 7.90. The smallest absolute Gasteiger partial charge is 0.116 e. The van der Waals surface area contributed by atoms with Crippen molar-refractivity contribution >= 4 is 31.6 Å². The molecule has 3 aromatic rings. The first-order valence-corrected chi connectivity index (χ1v) is 6.03. The number of rotatable bonds is 2. The molecule has 0 aliphatic carbocycles. The number of aromatic nitrogens is 2. The van der Waals surface area contributed by atoms with Crippen LogP contribution in [0.2, 0.25) is 0 Å². The van der Waals surface area contributed by atoms with Crippen molar-refractivity contribution in [2.45, 2.75) is 6.42 Å². The van der Waals surface area contributed by atoms with Crippen LogP contribution < -0.4 is 5.73 Å². The first-order valence-electron chi connectivity index (χ1n) is 5.21. The van der Waals surface area contributed by atoms with Crippen LogP contribution in [-0.2, 0) is 6.42 Å². The minimum absolute atomic E-state index is 0.625. The van der Waals surface area contributed by atoms with Gasteiger partial charge in [0.05, 0.1) is 15.9 Å². The summed E-state index contributed by atoms with van der Waals surface area (Å²) < 4.78 is 2.44. The fourth-order valence-corrected chi connectivity index (χ4v) is 3.06. The molecule has 0 bridgehead atoms. The van der Waals surface area contributed by atoms with Gasteiger partial charge in [-0.05, 0) is 12.6 Å². The van der Waals surface area contributed by atoms with Crippen molar-refractivity contribution in [3.05, 3.63) is 36.3 Å². The molecule has 0 amide bonds. The van der Waals surface area contributed by atoms with Gasteiger partial charge in [-0.15, -0.1) is 11.3 Å². The van der Waals surface area contributed by atoms with Gasteiger partial charge >= 0.3 is 0 Å². The zero-order valence-electron chi connectivity index (χ0n) is 8.68. The number of hydrogen-bond acceptors (Lipinski definition) is 4. The maximum absolute atomic E-state index is 5.59. The first kappa shape index (κ1) is 9.69. The molecule has 4 heteroatoms. The van der Waals surface area contributed by atoms with Crippen LogP contribution in [0.4, 0.5) is 0 Å². The summed E-state index contributed by atoms with van der Waals surface area (Å²) in [6.07, 6.45) is 2.44. The molecule has 2 heterocycles. The number of thiophene rings is 1. The van der Waals surface area contributed by atoms with Gasteiger partial charge < -0.3 is 5.73 Å². The molecule has 16 heavy (non-hydrogen) atoms. The second-order valence-corrected chi connectivity index (χ2v) is 4.69. The third kappa shape index (κ3) is 1.38. The van der Waals surface area contributed by atoms with Crippen LogP contribution in [0.1, 0.15) is 5.69 Å². The molecule has 0 atom stereocenters. The summed E-state index contributed by atoms with van der Waals surface area (Å²) in [5.41, 5.74) is 7.71. The summed E-state index contributed by atoms with van der Waals surface area (Å²) in [5.74, 6) is 0. The molecule has 1 aromatic carbocycles. The van der Waals surface area contributed by atoms with Crippen LogP contribution >= 0.6 is 11.3 Å². The Balaban J connectivity index is 2.39. The van der Waals surface area contributed by atoms with Crippen molar-refractivity contribution in [1.82, 2.24) is 9.97 Å². The molecular weight excluding hydrogens is 218 g/mol. The third-order valence-corrected chi connectivity index (χ3v) is 3.82. The van der Waals surface area contributed by atoms with E-state index in [0.29, 0.717) is 6.54 Å². The molecule has 80 valence electrons. The topological polar surface area (TPSA) is 51.8 Å². The van der Waals surface area contributed by atoms with Gasteiger partial charge in [0.1, 0.15) is 6.33 Å². The van der Waals surface area contributed by atoms with Crippen LogP contribution in [0.3, 0.4) is 0 Å². The Kier molecular flexibility index (Phi) is 2.31. The monoisotopic (exact) mass is 229 g/mol. The number of nitrogens with two attached hydrogens (primary N) is 1. The standard InChI is InChI=1S/C12H11N3S/c13-6-5-9-12-11(15-7-14-9)8-3-1-2-4-10(8)16-12/h1-4,7H,5-6,13H2. The molecule has 0 radical (unpaired) electrons. The Labute approximate surface area is 96.9 Å². The lowest BCUT2D eigenvalue weighted by molar-refractivity contribution is 0.929. The summed E-state index contributed by atoms with van der Waals surface area (Å²) in [5, 5.41) is 1.21. The SMILES string of the molecule is NCCc1ncnc2c1sc1ccccc12. The zero-order valence-corrected chi connectivity index (χ0v) is 9.50. The largest absolute Gasteiger partial charge is 0.330 e. The number of hydrogen-bond donors (Lipinski definition) is 1. The Hall–Kier alpha value is -1.52. The molecular formula is C12H11N3S. The Morgan fingerprint density at radius 3 is 2.94 bits per heavy atom. The normalized spacial score (nSPS) is 11.3. The van der Waals surface area contributed by atoms with Gasteiger partial charge in [-0.25, -0.2) is 9.97 Å². The maximum atomic E-state index is 5.59. The second-order valence-electron chi connectivity index (χ2n) is 3.63. The Morgan fingerprint density at radius 2 is 2.06 bits per heavy atom. The summed E-state index contributed by atoms with van der Waals surface area (Å²) in [4.78, 5) is 8.68. The number of fused-ring (bicyclic) bond motifs is 3. The van der Waals surface area contributed by atoms with Crippen LogP contribution in [0.5, 0.6) is 0 Å². The number of nitrogens with zero attached hydrogens (tertiary/aromatic N) is 2. The average molecular weight is 229 g/mol. The molecule has 0 spiro atoms. The van der Waals surface area contributed by atoms with Crippen molar-refractivity contribution in [2.24, 2.45) is 5.73 Å². The van der Waals surface area contributed by atoms with E-state index in [-0.39, 0.29) is 0 Å². The van der Waals surface area contributed by atoms with Gasteiger partial charge in [0.2, 0.25) is 0 Å². The lowest BCUT2D eigenvalue weighted by atomic mass is 10.2. The molecule has 0 unspecified atom stereocenters. The van der Waals surface area contributed by atoms with E-state index in [1.54, 1.807) is 17.7 Å². The average Bonchev–Trinajstić information content (AvgIpc) is 2.69. The molecule has 0 aliphatic heterocycles. The summed E-state index contributed by atoms with van der Waals surface area (Å²) in [6, 6.07) is 8.31. The van der Waals surface area contributed by atoms with Crippen molar-refractivity contribution in [3.8, 4) is 0 Å². The highest BCUT2D eigenvalue weighted by molar-refractivity contribution is 7.25. The van der Waals surface area contributed by atoms with Crippen LogP contribution in [-0.4, -0.2) is 16.5 Å². The van der Waals surface area contributed by atoms with E-state index < -0.39 is 0 Å². The van der Waals surface area contributed by atoms with Gasteiger partial charge in [0.15, 0.2) is 0 Å². The highest BCUT2D eigenvalue weighted by Gasteiger charge is 2.09. The van der Waals surface area contributed by atoms with Gasteiger partial charge in [-0.3, -0.25) is 0 Å². The fraction of sp³-hybridized carbons (Fsp3) is 0.167. The molecule has 0 saturated carbocycles. The molecule has 3 nitrogen and oxygen atoms in total. The van der Waals surface area contributed by atoms with Crippen LogP contribution in [0.15, 0.2) is 30.6 Å². The van der Waals surface area contributed by atoms with Gasteiger partial charge in [-0.1, -0.05) is 18.2 Å². The van der Waals surface area contributed by atoms with Crippen molar-refractivity contribution in [2.75, 3.05) is 6.54 Å². The lowest BCUT2D eigenvalue weighted by Crippen LogP contribution is -2.04. The Morgan fingerprint density at radius 1 is 1.19 bits per heavy atom. The molecule has 2 aromatic heterocycles. The van der Waals surface area contributed by atoms with Gasteiger partial charge in [0.25, 0.3) is 0 Å². The predicted octanol–water partition coefficient (Wildman–Crippen LogP) is 2.35. The van der Waals surface area contributed by atoms with E-state index in [2.05, 4.69) is 22.1 Å².